The molecular formula is C13H15ClF3N5O3. The third-order valence-electron chi connectivity index (χ3n) is 3.42. The summed E-state index contributed by atoms with van der Waals surface area (Å²) >= 11 is 5.90. The molecule has 138 valence electrons. The summed E-state index contributed by atoms with van der Waals surface area (Å²) in [6.07, 6.45) is -2.59. The van der Waals surface area contributed by atoms with Gasteiger partial charge in [-0.15, -0.1) is 16.7 Å². The predicted octanol–water partition coefficient (Wildman–Crippen LogP) is -0.0914. The Balaban J connectivity index is 2.45. The molecular weight excluding hydrogens is 367 g/mol. The van der Waals surface area contributed by atoms with Crippen molar-refractivity contribution in [3.05, 3.63) is 34.5 Å². The number of amides is 1. The lowest BCUT2D eigenvalue weighted by molar-refractivity contribution is -0.207. The van der Waals surface area contributed by atoms with E-state index >= 15 is 0 Å². The number of aliphatic hydroxyl groups excluding tert-OH is 1. The van der Waals surface area contributed by atoms with E-state index in [0.29, 0.717) is 21.2 Å². The van der Waals surface area contributed by atoms with Gasteiger partial charge in [-0.05, 0) is 6.42 Å². The molecule has 1 unspecified atom stereocenters. The number of aliphatic hydroxyl groups is 1. The Labute approximate surface area is 144 Å². The number of nitrogens with zero attached hydrogens (tertiary/aromatic N) is 3. The minimum atomic E-state index is -4.91. The number of carbonyl (C=O) groups excluding carboxylic acids is 1. The lowest BCUT2D eigenvalue weighted by Crippen LogP contribution is -2.39. The highest BCUT2D eigenvalue weighted by molar-refractivity contribution is 6.22. The number of rotatable bonds is 5. The van der Waals surface area contributed by atoms with Gasteiger partial charge >= 0.3 is 11.9 Å². The minimum absolute atomic E-state index is 0.113. The predicted molar refractivity (Wildman–Crippen MR) is 82.3 cm³/mol. The van der Waals surface area contributed by atoms with Crippen molar-refractivity contribution in [2.45, 2.75) is 37.2 Å². The van der Waals surface area contributed by atoms with Crippen molar-refractivity contribution in [1.82, 2.24) is 19.8 Å². The molecule has 1 heterocycles. The molecule has 12 heteroatoms. The Hall–Kier alpha value is -2.11. The van der Waals surface area contributed by atoms with Crippen LogP contribution in [0.1, 0.15) is 12.2 Å². The van der Waals surface area contributed by atoms with Gasteiger partial charge in [-0.1, -0.05) is 18.2 Å². The second kappa shape index (κ2) is 7.42. The van der Waals surface area contributed by atoms with Crippen LogP contribution in [0.25, 0.3) is 5.57 Å². The van der Waals surface area contributed by atoms with Crippen LogP contribution in [-0.2, 0) is 17.9 Å². The molecule has 8 nitrogen and oxygen atoms in total. The summed E-state index contributed by atoms with van der Waals surface area (Å²) < 4.78 is 39.3. The Kier molecular flexibility index (Phi) is 5.70. The molecule has 1 amide bonds. The van der Waals surface area contributed by atoms with E-state index in [2.05, 4.69) is 5.10 Å². The molecule has 0 radical (unpaired) electrons. The minimum Gasteiger partial charge on any atom is -0.382 e. The van der Waals surface area contributed by atoms with Crippen LogP contribution >= 0.6 is 11.6 Å². The monoisotopic (exact) mass is 381 g/mol. The van der Waals surface area contributed by atoms with Crippen molar-refractivity contribution >= 4 is 23.1 Å². The summed E-state index contributed by atoms with van der Waals surface area (Å²) in [6.45, 7) is -1.63. The van der Waals surface area contributed by atoms with E-state index in [-0.39, 0.29) is 11.2 Å². The average molecular weight is 382 g/mol. The number of carbonyl (C=O) groups is 1. The zero-order valence-corrected chi connectivity index (χ0v) is 13.5. The van der Waals surface area contributed by atoms with Crippen molar-refractivity contribution in [2.75, 3.05) is 0 Å². The third kappa shape index (κ3) is 4.50. The first kappa shape index (κ1) is 19.2. The van der Waals surface area contributed by atoms with Crippen LogP contribution in [0.3, 0.4) is 0 Å². The van der Waals surface area contributed by atoms with Crippen LogP contribution in [-0.4, -0.2) is 43.0 Å². The quantitative estimate of drug-likeness (QED) is 0.285. The van der Waals surface area contributed by atoms with Crippen LogP contribution in [0.15, 0.2) is 23.0 Å². The molecule has 1 aromatic heterocycles. The zero-order valence-electron chi connectivity index (χ0n) is 12.7. The summed E-state index contributed by atoms with van der Waals surface area (Å²) in [5.74, 6) is 4.06. The van der Waals surface area contributed by atoms with Gasteiger partial charge < -0.3 is 5.11 Å². The first-order chi connectivity index (χ1) is 11.6. The molecule has 0 fully saturated rings. The number of hydrogen-bond acceptors (Lipinski definition) is 5. The van der Waals surface area contributed by atoms with Crippen LogP contribution in [0, 0.1) is 0 Å². The van der Waals surface area contributed by atoms with E-state index in [1.807, 2.05) is 0 Å². The van der Waals surface area contributed by atoms with Gasteiger partial charge in [0.25, 0.3) is 5.91 Å². The van der Waals surface area contributed by atoms with Gasteiger partial charge in [0.2, 0.25) is 0 Å². The molecule has 1 aromatic rings. The molecule has 25 heavy (non-hydrogen) atoms. The van der Waals surface area contributed by atoms with Crippen molar-refractivity contribution in [3.63, 3.8) is 0 Å². The summed E-state index contributed by atoms with van der Waals surface area (Å²) in [7, 11) is 0. The lowest BCUT2D eigenvalue weighted by atomic mass is 10.1. The van der Waals surface area contributed by atoms with Gasteiger partial charge in [0.1, 0.15) is 6.54 Å². The maximum atomic E-state index is 12.6. The van der Waals surface area contributed by atoms with E-state index < -0.39 is 37.0 Å². The maximum absolute atomic E-state index is 12.6. The highest BCUT2D eigenvalue weighted by atomic mass is 35.5. The average Bonchev–Trinajstić information content (AvgIpc) is 2.84. The zero-order chi connectivity index (χ0) is 18.8. The Morgan fingerprint density at radius 2 is 2.24 bits per heavy atom. The Morgan fingerprint density at radius 3 is 2.76 bits per heavy atom. The molecule has 4 N–H and O–H groups in total. The van der Waals surface area contributed by atoms with Gasteiger partial charge in [-0.2, -0.15) is 13.2 Å². The van der Waals surface area contributed by atoms with Gasteiger partial charge in [-0.3, -0.25) is 14.8 Å². The molecule has 2 rings (SSSR count). The summed E-state index contributed by atoms with van der Waals surface area (Å²) in [5, 5.41) is 12.9. The van der Waals surface area contributed by atoms with Crippen LogP contribution in [0.2, 0.25) is 0 Å². The van der Waals surface area contributed by atoms with Crippen LogP contribution < -0.4 is 17.0 Å². The van der Waals surface area contributed by atoms with Crippen LogP contribution in [0.4, 0.5) is 13.2 Å². The van der Waals surface area contributed by atoms with E-state index in [4.69, 9.17) is 17.4 Å². The number of halogens is 4. The number of aromatic nitrogens is 3. The second-order valence-electron chi connectivity index (χ2n) is 5.27. The van der Waals surface area contributed by atoms with Crippen molar-refractivity contribution in [3.8, 4) is 0 Å². The number of nitrogens with one attached hydrogen (secondary N) is 1. The molecule has 0 saturated carbocycles. The molecule has 0 saturated heterocycles. The van der Waals surface area contributed by atoms with Gasteiger partial charge in [0, 0.05) is 5.57 Å². The van der Waals surface area contributed by atoms with E-state index in [1.165, 1.54) is 6.08 Å². The van der Waals surface area contributed by atoms with Gasteiger partial charge in [0.05, 0.1) is 11.9 Å². The first-order valence-electron chi connectivity index (χ1n) is 7.08. The van der Waals surface area contributed by atoms with Gasteiger partial charge in [-0.25, -0.2) is 15.3 Å². The molecule has 1 aliphatic carbocycles. The fraction of sp³-hybridized carbons (Fsp3) is 0.462. The molecule has 0 aromatic carbocycles. The van der Waals surface area contributed by atoms with Crippen molar-refractivity contribution < 1.29 is 23.1 Å². The van der Waals surface area contributed by atoms with Crippen molar-refractivity contribution in [1.29, 1.82) is 0 Å². The fourth-order valence-electron chi connectivity index (χ4n) is 2.14. The molecule has 0 spiro atoms. The molecule has 2 atom stereocenters. The number of allylic oxidation sites excluding steroid dienone is 4. The SMILES string of the molecule is NNC(=O)Cn1nc(C2=CCC(Cl)C=C2)n(C[C@H](O)C(F)(F)F)c1=O. The second-order valence-corrected chi connectivity index (χ2v) is 5.83. The number of hydrazine groups is 1. The molecule has 0 aliphatic heterocycles. The largest absolute Gasteiger partial charge is 0.416 e. The van der Waals surface area contributed by atoms with E-state index in [0.717, 1.165) is 0 Å². The molecule has 1 aliphatic rings. The summed E-state index contributed by atoms with van der Waals surface area (Å²) in [5.41, 5.74) is 1.17. The van der Waals surface area contributed by atoms with E-state index in [1.54, 1.807) is 17.6 Å². The lowest BCUT2D eigenvalue weighted by Gasteiger charge is -2.16. The normalized spacial score (nSPS) is 18.8. The van der Waals surface area contributed by atoms with Crippen molar-refractivity contribution in [2.24, 2.45) is 5.84 Å². The Bertz CT molecular complexity index is 768. The Morgan fingerprint density at radius 1 is 1.56 bits per heavy atom. The van der Waals surface area contributed by atoms with Crippen LogP contribution in [0.5, 0.6) is 0 Å². The smallest absolute Gasteiger partial charge is 0.382 e. The summed E-state index contributed by atoms with van der Waals surface area (Å²) in [4.78, 5) is 23.6. The first-order valence-corrected chi connectivity index (χ1v) is 7.51. The highest BCUT2D eigenvalue weighted by Crippen LogP contribution is 2.24. The topological polar surface area (TPSA) is 115 Å². The fourth-order valence-corrected chi connectivity index (χ4v) is 2.30. The number of alkyl halides is 4. The van der Waals surface area contributed by atoms with Gasteiger partial charge in [0.15, 0.2) is 11.9 Å². The maximum Gasteiger partial charge on any atom is 0.416 e. The van der Waals surface area contributed by atoms with E-state index in [9.17, 15) is 27.9 Å². The third-order valence-corrected chi connectivity index (χ3v) is 3.74. The number of nitrogens with two attached hydrogens (primary N) is 1. The number of hydrogen-bond donors (Lipinski definition) is 3. The highest BCUT2D eigenvalue weighted by Gasteiger charge is 2.39. The molecule has 0 bridgehead atoms. The standard InChI is InChI=1S/C13H15ClF3N5O3/c14-8-3-1-7(2-4-8)11-20-22(6-10(24)19-18)12(25)21(11)5-9(23)13(15,16)17/h1-3,8-9,23H,4-6,18H2,(H,19,24)/t8?,9-/m0/s1. The summed E-state index contributed by atoms with van der Waals surface area (Å²) in [6, 6.07) is 0.